The number of carbonyl (C=O) groups excluding carboxylic acids is 1. The fourth-order valence-electron chi connectivity index (χ4n) is 1.28. The standard InChI is InChI=1S/C12H15NO5S/c1-8(2)12(16)13-9-3-5-10(6-4-9)19(17,18)7-11(14)15/h3-6,8H,7H2,1-2H3,(H,13,16)(H,14,15). The molecule has 0 aliphatic rings. The van der Waals surface area contributed by atoms with Crippen molar-refractivity contribution in [2.45, 2.75) is 18.7 Å². The SMILES string of the molecule is CC(C)C(=O)Nc1ccc(S(=O)(=O)CC(=O)O)cc1. The Labute approximate surface area is 111 Å². The average molecular weight is 285 g/mol. The third-order valence-electron chi connectivity index (χ3n) is 2.32. The molecule has 0 unspecified atom stereocenters. The second-order valence-corrected chi connectivity index (χ2v) is 6.31. The maximum absolute atomic E-state index is 11.6. The Hall–Kier alpha value is -1.89. The van der Waals surface area contributed by atoms with E-state index in [1.165, 1.54) is 24.3 Å². The Morgan fingerprint density at radius 3 is 2.16 bits per heavy atom. The summed E-state index contributed by atoms with van der Waals surface area (Å²) in [6, 6.07) is 5.40. The summed E-state index contributed by atoms with van der Waals surface area (Å²) in [5.41, 5.74) is 0.466. The molecule has 6 nitrogen and oxygen atoms in total. The van der Waals surface area contributed by atoms with Crippen LogP contribution in [-0.2, 0) is 19.4 Å². The lowest BCUT2D eigenvalue weighted by Crippen LogP contribution is -2.18. The zero-order valence-corrected chi connectivity index (χ0v) is 11.4. The van der Waals surface area contributed by atoms with Gasteiger partial charge in [0.25, 0.3) is 0 Å². The number of hydrogen-bond donors (Lipinski definition) is 2. The zero-order chi connectivity index (χ0) is 14.6. The second kappa shape index (κ2) is 5.83. The van der Waals surface area contributed by atoms with Crippen molar-refractivity contribution >= 4 is 27.4 Å². The summed E-state index contributed by atoms with van der Waals surface area (Å²) in [5.74, 6) is -2.72. The zero-order valence-electron chi connectivity index (χ0n) is 10.6. The van der Waals surface area contributed by atoms with Crippen LogP contribution in [0, 0.1) is 5.92 Å². The lowest BCUT2D eigenvalue weighted by Gasteiger charge is -2.08. The smallest absolute Gasteiger partial charge is 0.319 e. The fourth-order valence-corrected chi connectivity index (χ4v) is 2.32. The largest absolute Gasteiger partial charge is 0.480 e. The number of carboxylic acids is 1. The van der Waals surface area contributed by atoms with Crippen LogP contribution in [0.1, 0.15) is 13.8 Å². The van der Waals surface area contributed by atoms with E-state index in [2.05, 4.69) is 5.32 Å². The molecule has 1 aromatic rings. The second-order valence-electron chi connectivity index (χ2n) is 4.32. The van der Waals surface area contributed by atoms with E-state index >= 15 is 0 Å². The van der Waals surface area contributed by atoms with E-state index in [-0.39, 0.29) is 16.7 Å². The first-order chi connectivity index (χ1) is 8.72. The molecule has 0 aromatic heterocycles. The van der Waals surface area contributed by atoms with E-state index < -0.39 is 21.6 Å². The van der Waals surface area contributed by atoms with Gasteiger partial charge in [-0.25, -0.2) is 8.42 Å². The van der Waals surface area contributed by atoms with Gasteiger partial charge in [0.05, 0.1) is 4.90 Å². The number of carboxylic acid groups (broad SMARTS) is 1. The molecule has 0 bridgehead atoms. The third kappa shape index (κ3) is 4.36. The summed E-state index contributed by atoms with van der Waals surface area (Å²) in [4.78, 5) is 21.8. The number of sulfone groups is 1. The van der Waals surface area contributed by atoms with Gasteiger partial charge in [-0.05, 0) is 24.3 Å². The molecule has 2 N–H and O–H groups in total. The Balaban J connectivity index is 2.88. The Morgan fingerprint density at radius 2 is 1.74 bits per heavy atom. The minimum absolute atomic E-state index is 0.0857. The average Bonchev–Trinajstić information content (AvgIpc) is 2.27. The molecule has 19 heavy (non-hydrogen) atoms. The number of aliphatic carboxylic acids is 1. The normalized spacial score (nSPS) is 11.3. The fraction of sp³-hybridized carbons (Fsp3) is 0.333. The Bertz CT molecular complexity index is 575. The highest BCUT2D eigenvalue weighted by molar-refractivity contribution is 7.92. The summed E-state index contributed by atoms with van der Waals surface area (Å²) in [6.45, 7) is 3.47. The summed E-state index contributed by atoms with van der Waals surface area (Å²) in [6.07, 6.45) is 0. The van der Waals surface area contributed by atoms with E-state index in [1.807, 2.05) is 0 Å². The molecule has 0 spiro atoms. The van der Waals surface area contributed by atoms with Gasteiger partial charge in [-0.1, -0.05) is 13.8 Å². The van der Waals surface area contributed by atoms with Gasteiger partial charge >= 0.3 is 5.97 Å². The molecule has 0 saturated heterocycles. The number of amides is 1. The monoisotopic (exact) mass is 285 g/mol. The van der Waals surface area contributed by atoms with Gasteiger partial charge in [0, 0.05) is 11.6 Å². The maximum atomic E-state index is 11.6. The molecule has 0 atom stereocenters. The van der Waals surface area contributed by atoms with Gasteiger partial charge in [-0.15, -0.1) is 0 Å². The summed E-state index contributed by atoms with van der Waals surface area (Å²) in [7, 11) is -3.83. The first-order valence-electron chi connectivity index (χ1n) is 5.58. The van der Waals surface area contributed by atoms with Crippen LogP contribution in [0.3, 0.4) is 0 Å². The van der Waals surface area contributed by atoms with Crippen LogP contribution in [0.25, 0.3) is 0 Å². The maximum Gasteiger partial charge on any atom is 0.319 e. The minimum Gasteiger partial charge on any atom is -0.480 e. The molecule has 0 aliphatic carbocycles. The highest BCUT2D eigenvalue weighted by Crippen LogP contribution is 2.16. The van der Waals surface area contributed by atoms with Crippen molar-refractivity contribution in [3.05, 3.63) is 24.3 Å². The van der Waals surface area contributed by atoms with Crippen molar-refractivity contribution in [3.8, 4) is 0 Å². The minimum atomic E-state index is -3.83. The lowest BCUT2D eigenvalue weighted by molar-refractivity contribution is -0.134. The number of nitrogens with one attached hydrogen (secondary N) is 1. The molecule has 104 valence electrons. The molecule has 1 rings (SSSR count). The first kappa shape index (κ1) is 15.2. The van der Waals surface area contributed by atoms with Gasteiger partial charge in [-0.3, -0.25) is 9.59 Å². The van der Waals surface area contributed by atoms with Gasteiger partial charge in [0.1, 0.15) is 0 Å². The van der Waals surface area contributed by atoms with E-state index in [9.17, 15) is 18.0 Å². The van der Waals surface area contributed by atoms with Crippen LogP contribution in [-0.4, -0.2) is 31.2 Å². The van der Waals surface area contributed by atoms with E-state index in [1.54, 1.807) is 13.8 Å². The molecular weight excluding hydrogens is 270 g/mol. The molecule has 0 fully saturated rings. The van der Waals surface area contributed by atoms with Crippen molar-refractivity contribution in [2.24, 2.45) is 5.92 Å². The van der Waals surface area contributed by atoms with Crippen molar-refractivity contribution in [2.75, 3.05) is 11.1 Å². The van der Waals surface area contributed by atoms with Crippen molar-refractivity contribution in [3.63, 3.8) is 0 Å². The van der Waals surface area contributed by atoms with Crippen molar-refractivity contribution < 1.29 is 23.1 Å². The van der Waals surface area contributed by atoms with Gasteiger partial charge in [-0.2, -0.15) is 0 Å². The van der Waals surface area contributed by atoms with Gasteiger partial charge < -0.3 is 10.4 Å². The highest BCUT2D eigenvalue weighted by Gasteiger charge is 2.18. The summed E-state index contributed by atoms with van der Waals surface area (Å²) >= 11 is 0. The topological polar surface area (TPSA) is 101 Å². The molecule has 1 aromatic carbocycles. The summed E-state index contributed by atoms with van der Waals surface area (Å²) in [5, 5.41) is 11.1. The molecule has 7 heteroatoms. The van der Waals surface area contributed by atoms with E-state index in [0.29, 0.717) is 5.69 Å². The number of hydrogen-bond acceptors (Lipinski definition) is 4. The van der Waals surface area contributed by atoms with Crippen LogP contribution in [0.2, 0.25) is 0 Å². The number of benzene rings is 1. The predicted molar refractivity (Wildman–Crippen MR) is 69.6 cm³/mol. The van der Waals surface area contributed by atoms with Crippen LogP contribution in [0.5, 0.6) is 0 Å². The first-order valence-corrected chi connectivity index (χ1v) is 7.23. The molecular formula is C12H15NO5S. The third-order valence-corrected chi connectivity index (χ3v) is 3.94. The van der Waals surface area contributed by atoms with Crippen LogP contribution in [0.15, 0.2) is 29.2 Å². The van der Waals surface area contributed by atoms with Crippen LogP contribution < -0.4 is 5.32 Å². The van der Waals surface area contributed by atoms with Crippen molar-refractivity contribution in [1.29, 1.82) is 0 Å². The van der Waals surface area contributed by atoms with Gasteiger partial charge in [0.15, 0.2) is 15.6 Å². The predicted octanol–water partition coefficient (Wildman–Crippen LogP) is 1.14. The molecule has 0 heterocycles. The molecule has 0 aliphatic heterocycles. The molecule has 0 saturated carbocycles. The Kier molecular flexibility index (Phi) is 4.66. The lowest BCUT2D eigenvalue weighted by atomic mass is 10.2. The quantitative estimate of drug-likeness (QED) is 0.845. The number of rotatable bonds is 5. The van der Waals surface area contributed by atoms with E-state index in [0.717, 1.165) is 0 Å². The van der Waals surface area contributed by atoms with Crippen molar-refractivity contribution in [1.82, 2.24) is 0 Å². The Morgan fingerprint density at radius 1 is 1.21 bits per heavy atom. The van der Waals surface area contributed by atoms with Crippen LogP contribution in [0.4, 0.5) is 5.69 Å². The van der Waals surface area contributed by atoms with E-state index in [4.69, 9.17) is 5.11 Å². The highest BCUT2D eigenvalue weighted by atomic mass is 32.2. The molecule has 0 radical (unpaired) electrons. The number of anilines is 1. The molecule has 1 amide bonds. The van der Waals surface area contributed by atoms with Gasteiger partial charge in [0.2, 0.25) is 5.91 Å². The summed E-state index contributed by atoms with van der Waals surface area (Å²) < 4.78 is 23.2. The van der Waals surface area contributed by atoms with Crippen LogP contribution >= 0.6 is 0 Å². The number of carbonyl (C=O) groups is 2.